The van der Waals surface area contributed by atoms with Crippen molar-refractivity contribution >= 4 is 28.3 Å². The van der Waals surface area contributed by atoms with E-state index in [1.807, 2.05) is 0 Å². The third kappa shape index (κ3) is 3.63. The average molecular weight is 372 g/mol. The number of nitrogens with one attached hydrogen (secondary N) is 1. The average Bonchev–Trinajstić information content (AvgIpc) is 2.45. The highest BCUT2D eigenvalue weighted by Gasteiger charge is 2.29. The Labute approximate surface area is 131 Å². The van der Waals surface area contributed by atoms with Gasteiger partial charge in [-0.05, 0) is 53.1 Å². The lowest BCUT2D eigenvalue weighted by molar-refractivity contribution is 0.306. The Morgan fingerprint density at radius 3 is 2.84 bits per heavy atom. The van der Waals surface area contributed by atoms with E-state index >= 15 is 0 Å². The van der Waals surface area contributed by atoms with E-state index in [9.17, 15) is 0 Å². The minimum Gasteiger partial charge on any atom is -0.366 e. The molecule has 0 aliphatic carbocycles. The van der Waals surface area contributed by atoms with Crippen LogP contribution in [0.3, 0.4) is 0 Å². The summed E-state index contributed by atoms with van der Waals surface area (Å²) in [6.07, 6.45) is 2.44. The molecule has 3 heteroatoms. The van der Waals surface area contributed by atoms with Crippen molar-refractivity contribution in [3.63, 3.8) is 0 Å². The number of piperazine rings is 1. The molecule has 2 rings (SSSR count). The number of anilines is 1. The van der Waals surface area contributed by atoms with Gasteiger partial charge in [0.2, 0.25) is 0 Å². The summed E-state index contributed by atoms with van der Waals surface area (Å²) in [6, 6.07) is 10.1. The van der Waals surface area contributed by atoms with E-state index in [1.165, 1.54) is 22.1 Å². The molecule has 19 heavy (non-hydrogen) atoms. The minimum absolute atomic E-state index is 0.616. The minimum atomic E-state index is 0.616. The molecular weight excluding hydrogens is 347 g/mol. The van der Waals surface area contributed by atoms with Crippen LogP contribution in [-0.4, -0.2) is 25.2 Å². The molecule has 0 bridgehead atoms. The molecule has 2 nitrogen and oxygen atoms in total. The van der Waals surface area contributed by atoms with Crippen molar-refractivity contribution < 1.29 is 0 Å². The van der Waals surface area contributed by atoms with E-state index in [0.29, 0.717) is 12.1 Å². The number of rotatable bonds is 4. The fourth-order valence-corrected chi connectivity index (χ4v) is 3.35. The van der Waals surface area contributed by atoms with Gasteiger partial charge in [0.1, 0.15) is 0 Å². The summed E-state index contributed by atoms with van der Waals surface area (Å²) >= 11 is 2.40. The highest BCUT2D eigenvalue weighted by atomic mass is 127. The third-order valence-corrected chi connectivity index (χ3v) is 5.06. The summed E-state index contributed by atoms with van der Waals surface area (Å²) < 4.78 is 1.32. The van der Waals surface area contributed by atoms with Gasteiger partial charge in [-0.25, -0.2) is 0 Å². The van der Waals surface area contributed by atoms with E-state index in [0.717, 1.165) is 19.0 Å². The second kappa shape index (κ2) is 6.93. The maximum absolute atomic E-state index is 3.74. The second-order valence-electron chi connectivity index (χ2n) is 5.59. The zero-order chi connectivity index (χ0) is 13.8. The van der Waals surface area contributed by atoms with Gasteiger partial charge in [0.25, 0.3) is 0 Å². The van der Waals surface area contributed by atoms with Crippen molar-refractivity contribution in [3.8, 4) is 0 Å². The van der Waals surface area contributed by atoms with Crippen LogP contribution in [0.4, 0.5) is 5.69 Å². The summed E-state index contributed by atoms with van der Waals surface area (Å²) in [5.74, 6) is 0.739. The first-order valence-electron chi connectivity index (χ1n) is 7.41. The van der Waals surface area contributed by atoms with Gasteiger partial charge in [0.05, 0.1) is 0 Å². The standard InChI is InChI=1S/C16H25IN2/c1-4-12(3)16-11-19(14(5-2)10-18-16)15-8-6-7-13(17)9-15/h6-9,12,14,16,18H,4-5,10-11H2,1-3H3. The molecule has 0 aromatic heterocycles. The first-order chi connectivity index (χ1) is 9.15. The molecule has 1 aromatic rings. The smallest absolute Gasteiger partial charge is 0.0412 e. The van der Waals surface area contributed by atoms with E-state index < -0.39 is 0 Å². The Hall–Kier alpha value is -0.290. The lowest BCUT2D eigenvalue weighted by atomic mass is 9.94. The van der Waals surface area contributed by atoms with Crippen LogP contribution in [0, 0.1) is 9.49 Å². The van der Waals surface area contributed by atoms with Crippen LogP contribution < -0.4 is 10.2 Å². The fourth-order valence-electron chi connectivity index (χ4n) is 2.82. The molecule has 1 aliphatic rings. The molecule has 1 fully saturated rings. The Morgan fingerprint density at radius 1 is 1.42 bits per heavy atom. The van der Waals surface area contributed by atoms with Crippen molar-refractivity contribution in [3.05, 3.63) is 27.8 Å². The predicted molar refractivity (Wildman–Crippen MR) is 91.8 cm³/mol. The normalized spacial score (nSPS) is 25.4. The van der Waals surface area contributed by atoms with Crippen molar-refractivity contribution in [2.45, 2.75) is 45.7 Å². The van der Waals surface area contributed by atoms with Crippen LogP contribution in [0.1, 0.15) is 33.6 Å². The topological polar surface area (TPSA) is 15.3 Å². The van der Waals surface area contributed by atoms with Gasteiger partial charge in [-0.1, -0.05) is 33.3 Å². The van der Waals surface area contributed by atoms with E-state index in [4.69, 9.17) is 0 Å². The summed E-state index contributed by atoms with van der Waals surface area (Å²) in [5.41, 5.74) is 1.38. The first kappa shape index (κ1) is 15.1. The van der Waals surface area contributed by atoms with Gasteiger partial charge >= 0.3 is 0 Å². The van der Waals surface area contributed by atoms with E-state index in [-0.39, 0.29) is 0 Å². The van der Waals surface area contributed by atoms with Crippen molar-refractivity contribution in [1.29, 1.82) is 0 Å². The van der Waals surface area contributed by atoms with Crippen LogP contribution >= 0.6 is 22.6 Å². The number of nitrogens with zero attached hydrogens (tertiary/aromatic N) is 1. The summed E-state index contributed by atoms with van der Waals surface area (Å²) in [6.45, 7) is 9.17. The molecule has 1 saturated heterocycles. The third-order valence-electron chi connectivity index (χ3n) is 4.39. The van der Waals surface area contributed by atoms with E-state index in [2.05, 4.69) is 77.8 Å². The van der Waals surface area contributed by atoms with Crippen molar-refractivity contribution in [1.82, 2.24) is 5.32 Å². The van der Waals surface area contributed by atoms with Gasteiger partial charge in [-0.2, -0.15) is 0 Å². The van der Waals surface area contributed by atoms with Gasteiger partial charge in [0, 0.05) is 34.4 Å². The van der Waals surface area contributed by atoms with Crippen LogP contribution in [-0.2, 0) is 0 Å². The number of hydrogen-bond acceptors (Lipinski definition) is 2. The number of halogens is 1. The quantitative estimate of drug-likeness (QED) is 0.807. The zero-order valence-electron chi connectivity index (χ0n) is 12.2. The first-order valence-corrected chi connectivity index (χ1v) is 8.49. The zero-order valence-corrected chi connectivity index (χ0v) is 14.4. The summed E-state index contributed by atoms with van der Waals surface area (Å²) in [4.78, 5) is 2.61. The maximum atomic E-state index is 3.74. The van der Waals surface area contributed by atoms with Crippen LogP contribution in [0.2, 0.25) is 0 Å². The van der Waals surface area contributed by atoms with Gasteiger partial charge in [0.15, 0.2) is 0 Å². The predicted octanol–water partition coefficient (Wildman–Crippen LogP) is 3.89. The molecule has 0 amide bonds. The fraction of sp³-hybridized carbons (Fsp3) is 0.625. The number of benzene rings is 1. The van der Waals surface area contributed by atoms with Gasteiger partial charge < -0.3 is 10.2 Å². The van der Waals surface area contributed by atoms with Crippen molar-refractivity contribution in [2.75, 3.05) is 18.0 Å². The molecule has 1 aromatic carbocycles. The van der Waals surface area contributed by atoms with Crippen LogP contribution in [0.5, 0.6) is 0 Å². The Bertz CT molecular complexity index is 407. The molecule has 1 aliphatic heterocycles. The largest absolute Gasteiger partial charge is 0.366 e. The summed E-state index contributed by atoms with van der Waals surface area (Å²) in [7, 11) is 0. The highest BCUT2D eigenvalue weighted by Crippen LogP contribution is 2.25. The van der Waals surface area contributed by atoms with Crippen LogP contribution in [0.25, 0.3) is 0 Å². The second-order valence-corrected chi connectivity index (χ2v) is 6.84. The molecule has 106 valence electrons. The Morgan fingerprint density at radius 2 is 2.21 bits per heavy atom. The maximum Gasteiger partial charge on any atom is 0.0412 e. The molecule has 1 N–H and O–H groups in total. The van der Waals surface area contributed by atoms with Gasteiger partial charge in [-0.3, -0.25) is 0 Å². The summed E-state index contributed by atoms with van der Waals surface area (Å²) in [5, 5.41) is 3.74. The lowest BCUT2D eigenvalue weighted by Gasteiger charge is -2.43. The molecule has 3 atom stereocenters. The Balaban J connectivity index is 2.18. The monoisotopic (exact) mass is 372 g/mol. The molecular formula is C16H25IN2. The molecule has 3 unspecified atom stereocenters. The van der Waals surface area contributed by atoms with Crippen molar-refractivity contribution in [2.24, 2.45) is 5.92 Å². The molecule has 0 radical (unpaired) electrons. The van der Waals surface area contributed by atoms with E-state index in [1.54, 1.807) is 0 Å². The molecule has 0 spiro atoms. The molecule has 1 heterocycles. The van der Waals surface area contributed by atoms with Crippen LogP contribution in [0.15, 0.2) is 24.3 Å². The SMILES string of the molecule is CCC(C)C1CN(c2cccc(I)c2)C(CC)CN1. The number of hydrogen-bond donors (Lipinski definition) is 1. The Kier molecular flexibility index (Phi) is 5.51. The highest BCUT2D eigenvalue weighted by molar-refractivity contribution is 14.1. The lowest BCUT2D eigenvalue weighted by Crippen LogP contribution is -2.58. The molecule has 0 saturated carbocycles. The van der Waals surface area contributed by atoms with Gasteiger partial charge in [-0.15, -0.1) is 0 Å².